The lowest BCUT2D eigenvalue weighted by Crippen LogP contribution is -2.67. The number of hydrogen-bond donors (Lipinski definition) is 2. The zero-order valence-corrected chi connectivity index (χ0v) is 16.0. The van der Waals surface area contributed by atoms with Crippen LogP contribution in [0.5, 0.6) is 0 Å². The molecule has 146 valence electrons. The molecular formula is C20H28N4O3. The molecule has 27 heavy (non-hydrogen) atoms. The van der Waals surface area contributed by atoms with Gasteiger partial charge in [0.2, 0.25) is 11.8 Å². The van der Waals surface area contributed by atoms with E-state index in [1.165, 1.54) is 11.1 Å². The van der Waals surface area contributed by atoms with Gasteiger partial charge in [0, 0.05) is 19.6 Å². The molecule has 0 spiro atoms. The van der Waals surface area contributed by atoms with Gasteiger partial charge in [0.1, 0.15) is 6.04 Å². The standard InChI is InChI=1S/C20H28N4O3/c1-14(2)16-7-5-15(6-8-16)4-3-9-21-20(27)23-10-11-24-17(13-23)19(26)22-12-18(24)25/h5-8,14,17H,3-4,9-13H2,1-2H3,(H,21,27)(H,22,26)/t17-/m1/s1. The van der Waals surface area contributed by atoms with Gasteiger partial charge in [-0.25, -0.2) is 4.79 Å². The second kappa shape index (κ2) is 8.41. The van der Waals surface area contributed by atoms with E-state index in [0.29, 0.717) is 25.6 Å². The Morgan fingerprint density at radius 1 is 1.22 bits per heavy atom. The summed E-state index contributed by atoms with van der Waals surface area (Å²) in [6, 6.07) is 7.88. The number of aryl methyl sites for hydroxylation is 1. The zero-order valence-electron chi connectivity index (χ0n) is 16.0. The van der Waals surface area contributed by atoms with Gasteiger partial charge in [0.05, 0.1) is 13.1 Å². The predicted octanol–water partition coefficient (Wildman–Crippen LogP) is 1.09. The molecule has 2 N–H and O–H groups in total. The molecule has 1 atom stereocenters. The van der Waals surface area contributed by atoms with Crippen molar-refractivity contribution in [2.45, 2.75) is 38.6 Å². The maximum absolute atomic E-state index is 12.4. The van der Waals surface area contributed by atoms with Crippen LogP contribution in [0.1, 0.15) is 37.3 Å². The number of urea groups is 1. The van der Waals surface area contributed by atoms with E-state index >= 15 is 0 Å². The summed E-state index contributed by atoms with van der Waals surface area (Å²) in [7, 11) is 0. The Morgan fingerprint density at radius 2 is 1.96 bits per heavy atom. The molecule has 2 heterocycles. The van der Waals surface area contributed by atoms with Gasteiger partial charge in [-0.15, -0.1) is 0 Å². The van der Waals surface area contributed by atoms with Crippen LogP contribution in [0.15, 0.2) is 24.3 Å². The fraction of sp³-hybridized carbons (Fsp3) is 0.550. The highest BCUT2D eigenvalue weighted by molar-refractivity contribution is 5.95. The Kier molecular flexibility index (Phi) is 5.98. The maximum Gasteiger partial charge on any atom is 0.317 e. The van der Waals surface area contributed by atoms with E-state index in [-0.39, 0.29) is 30.9 Å². The molecule has 2 saturated heterocycles. The normalized spacial score (nSPS) is 19.7. The van der Waals surface area contributed by atoms with Crippen LogP contribution in [-0.4, -0.2) is 66.4 Å². The molecule has 2 aliphatic heterocycles. The Bertz CT molecular complexity index is 702. The highest BCUT2D eigenvalue weighted by Gasteiger charge is 2.39. The minimum Gasteiger partial charge on any atom is -0.345 e. The van der Waals surface area contributed by atoms with Crippen LogP contribution in [0.4, 0.5) is 4.79 Å². The lowest BCUT2D eigenvalue weighted by atomic mass is 10.0. The first-order valence-corrected chi connectivity index (χ1v) is 9.64. The minimum absolute atomic E-state index is 0.0552. The Morgan fingerprint density at radius 3 is 2.67 bits per heavy atom. The fourth-order valence-corrected chi connectivity index (χ4v) is 3.54. The second-order valence-electron chi connectivity index (χ2n) is 7.50. The highest BCUT2D eigenvalue weighted by Crippen LogP contribution is 2.16. The van der Waals surface area contributed by atoms with Gasteiger partial charge in [0.15, 0.2) is 0 Å². The number of nitrogens with zero attached hydrogens (tertiary/aromatic N) is 2. The summed E-state index contributed by atoms with van der Waals surface area (Å²) in [6.07, 6.45) is 1.76. The van der Waals surface area contributed by atoms with E-state index in [0.717, 1.165) is 12.8 Å². The molecule has 0 radical (unpaired) electrons. The number of hydrogen-bond acceptors (Lipinski definition) is 3. The van der Waals surface area contributed by atoms with Crippen molar-refractivity contribution in [2.24, 2.45) is 0 Å². The van der Waals surface area contributed by atoms with Gasteiger partial charge in [-0.1, -0.05) is 38.1 Å². The maximum atomic E-state index is 12.4. The summed E-state index contributed by atoms with van der Waals surface area (Å²) in [4.78, 5) is 39.4. The van der Waals surface area contributed by atoms with Crippen molar-refractivity contribution in [1.29, 1.82) is 0 Å². The monoisotopic (exact) mass is 372 g/mol. The third kappa shape index (κ3) is 4.59. The van der Waals surface area contributed by atoms with Gasteiger partial charge < -0.3 is 20.4 Å². The van der Waals surface area contributed by atoms with E-state index in [1.54, 1.807) is 9.80 Å². The Balaban J connectivity index is 1.42. The molecule has 0 aliphatic carbocycles. The molecular weight excluding hydrogens is 344 g/mol. The molecule has 0 saturated carbocycles. The summed E-state index contributed by atoms with van der Waals surface area (Å²) in [5, 5.41) is 5.51. The van der Waals surface area contributed by atoms with E-state index < -0.39 is 6.04 Å². The molecule has 2 aliphatic rings. The molecule has 0 unspecified atom stereocenters. The molecule has 4 amide bonds. The lowest BCUT2D eigenvalue weighted by Gasteiger charge is -2.42. The number of benzene rings is 1. The predicted molar refractivity (Wildman–Crippen MR) is 102 cm³/mol. The van der Waals surface area contributed by atoms with Crippen LogP contribution in [0.25, 0.3) is 0 Å². The molecule has 0 bridgehead atoms. The number of rotatable bonds is 5. The van der Waals surface area contributed by atoms with Crippen LogP contribution >= 0.6 is 0 Å². The number of carbonyl (C=O) groups is 3. The van der Waals surface area contributed by atoms with Gasteiger partial charge in [-0.3, -0.25) is 9.59 Å². The summed E-state index contributed by atoms with van der Waals surface area (Å²) >= 11 is 0. The van der Waals surface area contributed by atoms with Crippen molar-refractivity contribution >= 4 is 17.8 Å². The van der Waals surface area contributed by atoms with Crippen LogP contribution in [-0.2, 0) is 16.0 Å². The largest absolute Gasteiger partial charge is 0.345 e. The summed E-state index contributed by atoms with van der Waals surface area (Å²) in [5.74, 6) is 0.264. The number of nitrogens with one attached hydrogen (secondary N) is 2. The number of fused-ring (bicyclic) bond motifs is 1. The molecule has 1 aromatic carbocycles. The van der Waals surface area contributed by atoms with Crippen LogP contribution in [0.2, 0.25) is 0 Å². The van der Waals surface area contributed by atoms with Crippen LogP contribution < -0.4 is 10.6 Å². The molecule has 0 aromatic heterocycles. The van der Waals surface area contributed by atoms with Crippen molar-refractivity contribution in [3.8, 4) is 0 Å². The first-order valence-electron chi connectivity index (χ1n) is 9.64. The average Bonchev–Trinajstić information content (AvgIpc) is 2.68. The third-order valence-corrected chi connectivity index (χ3v) is 5.27. The van der Waals surface area contributed by atoms with Crippen molar-refractivity contribution < 1.29 is 14.4 Å². The van der Waals surface area contributed by atoms with Crippen LogP contribution in [0, 0.1) is 0 Å². The summed E-state index contributed by atoms with van der Waals surface area (Å²) in [5.41, 5.74) is 2.59. The lowest BCUT2D eigenvalue weighted by molar-refractivity contribution is -0.148. The SMILES string of the molecule is CC(C)c1ccc(CCCNC(=O)N2CCN3C(=O)CNC(=O)[C@H]3C2)cc1. The minimum atomic E-state index is -0.565. The molecule has 2 fully saturated rings. The summed E-state index contributed by atoms with van der Waals surface area (Å²) in [6.45, 7) is 6.11. The van der Waals surface area contributed by atoms with Crippen molar-refractivity contribution in [2.75, 3.05) is 32.7 Å². The molecule has 7 nitrogen and oxygen atoms in total. The van der Waals surface area contributed by atoms with Crippen molar-refractivity contribution in [3.63, 3.8) is 0 Å². The van der Waals surface area contributed by atoms with E-state index in [2.05, 4.69) is 48.7 Å². The van der Waals surface area contributed by atoms with Crippen molar-refractivity contribution in [1.82, 2.24) is 20.4 Å². The first-order chi connectivity index (χ1) is 13.0. The quantitative estimate of drug-likeness (QED) is 0.760. The number of carbonyl (C=O) groups excluding carboxylic acids is 3. The van der Waals surface area contributed by atoms with E-state index in [1.807, 2.05) is 0 Å². The Labute approximate surface area is 160 Å². The topological polar surface area (TPSA) is 81.8 Å². The Hall–Kier alpha value is -2.57. The highest BCUT2D eigenvalue weighted by atomic mass is 16.2. The smallest absolute Gasteiger partial charge is 0.317 e. The van der Waals surface area contributed by atoms with Gasteiger partial charge in [-0.2, -0.15) is 0 Å². The van der Waals surface area contributed by atoms with Gasteiger partial charge in [-0.05, 0) is 29.9 Å². The molecule has 3 rings (SSSR count). The molecule has 1 aromatic rings. The van der Waals surface area contributed by atoms with Crippen LogP contribution in [0.3, 0.4) is 0 Å². The van der Waals surface area contributed by atoms with Crippen molar-refractivity contribution in [3.05, 3.63) is 35.4 Å². The fourth-order valence-electron chi connectivity index (χ4n) is 3.54. The second-order valence-corrected chi connectivity index (χ2v) is 7.50. The average molecular weight is 372 g/mol. The first kappa shape index (κ1) is 19.2. The third-order valence-electron chi connectivity index (χ3n) is 5.27. The number of piperazine rings is 2. The zero-order chi connectivity index (χ0) is 19.4. The van der Waals surface area contributed by atoms with E-state index in [9.17, 15) is 14.4 Å². The number of amides is 4. The van der Waals surface area contributed by atoms with E-state index in [4.69, 9.17) is 0 Å². The summed E-state index contributed by atoms with van der Waals surface area (Å²) < 4.78 is 0. The van der Waals surface area contributed by atoms with Gasteiger partial charge >= 0.3 is 6.03 Å². The van der Waals surface area contributed by atoms with Gasteiger partial charge in [0.25, 0.3) is 0 Å². The molecule has 7 heteroatoms.